The Labute approximate surface area is 175 Å². The lowest BCUT2D eigenvalue weighted by molar-refractivity contribution is -0.133. The minimum Gasteiger partial charge on any atom is -0.353 e. The maximum atomic E-state index is 12.5. The monoisotopic (exact) mass is 396 g/mol. The zero-order valence-corrected chi connectivity index (χ0v) is 17.7. The summed E-state index contributed by atoms with van der Waals surface area (Å²) < 4.78 is 0. The Morgan fingerprint density at radius 3 is 2.17 bits per heavy atom. The smallest absolute Gasteiger partial charge is 0.222 e. The molecule has 1 aromatic carbocycles. The van der Waals surface area contributed by atoms with Gasteiger partial charge in [0, 0.05) is 32.0 Å². The Balaban J connectivity index is 1.16. The van der Waals surface area contributed by atoms with Gasteiger partial charge in [0.25, 0.3) is 0 Å². The van der Waals surface area contributed by atoms with E-state index in [4.69, 9.17) is 0 Å². The zero-order valence-electron chi connectivity index (χ0n) is 17.7. The number of hydrogen-bond donors (Lipinski definition) is 1. The van der Waals surface area contributed by atoms with E-state index in [2.05, 4.69) is 34.5 Å². The molecule has 29 heavy (non-hydrogen) atoms. The molecule has 3 aliphatic rings. The number of nitrogens with zero attached hydrogens (tertiary/aromatic N) is 1. The fourth-order valence-electron chi connectivity index (χ4n) is 4.94. The molecule has 1 N–H and O–H groups in total. The van der Waals surface area contributed by atoms with Crippen LogP contribution in [0.3, 0.4) is 0 Å². The normalized spacial score (nSPS) is 20.8. The summed E-state index contributed by atoms with van der Waals surface area (Å²) in [4.78, 5) is 26.5. The van der Waals surface area contributed by atoms with Gasteiger partial charge in [-0.15, -0.1) is 0 Å². The fourth-order valence-corrected chi connectivity index (χ4v) is 4.94. The van der Waals surface area contributed by atoms with Gasteiger partial charge in [-0.05, 0) is 74.3 Å². The van der Waals surface area contributed by atoms with Crippen molar-refractivity contribution in [1.29, 1.82) is 0 Å². The summed E-state index contributed by atoms with van der Waals surface area (Å²) >= 11 is 0. The summed E-state index contributed by atoms with van der Waals surface area (Å²) in [5.41, 5.74) is 2.62. The Kier molecular flexibility index (Phi) is 6.89. The average Bonchev–Trinajstić information content (AvgIpc) is 3.40. The highest BCUT2D eigenvalue weighted by Gasteiger charge is 2.26. The molecule has 3 fully saturated rings. The fraction of sp³-hybridized carbons (Fsp3) is 0.680. The van der Waals surface area contributed by atoms with Gasteiger partial charge in [0.05, 0.1) is 0 Å². The van der Waals surface area contributed by atoms with Gasteiger partial charge in [0.15, 0.2) is 0 Å². The first-order chi connectivity index (χ1) is 14.2. The summed E-state index contributed by atoms with van der Waals surface area (Å²) in [5.74, 6) is 1.91. The lowest BCUT2D eigenvalue weighted by atomic mass is 9.89. The number of aryl methyl sites for hydroxylation is 1. The third-order valence-electron chi connectivity index (χ3n) is 7.04. The van der Waals surface area contributed by atoms with Gasteiger partial charge in [-0.25, -0.2) is 0 Å². The molecule has 2 saturated carbocycles. The number of carbonyl (C=O) groups excluding carboxylic acids is 2. The topological polar surface area (TPSA) is 49.4 Å². The first-order valence-electron chi connectivity index (χ1n) is 11.8. The van der Waals surface area contributed by atoms with Crippen molar-refractivity contribution in [2.24, 2.45) is 11.8 Å². The van der Waals surface area contributed by atoms with Crippen molar-refractivity contribution in [3.05, 3.63) is 35.4 Å². The SMILES string of the molecule is O=C(CCc1ccc(CC2CCN(C(=O)CC3CCCC3)CC2)cc1)NC1CC1. The van der Waals surface area contributed by atoms with E-state index in [-0.39, 0.29) is 5.91 Å². The largest absolute Gasteiger partial charge is 0.353 e. The third-order valence-corrected chi connectivity index (χ3v) is 7.04. The van der Waals surface area contributed by atoms with Crippen molar-refractivity contribution >= 4 is 11.8 Å². The molecule has 2 aliphatic carbocycles. The van der Waals surface area contributed by atoms with Crippen molar-refractivity contribution in [1.82, 2.24) is 10.2 Å². The number of hydrogen-bond acceptors (Lipinski definition) is 2. The lowest BCUT2D eigenvalue weighted by Gasteiger charge is -2.32. The van der Waals surface area contributed by atoms with E-state index in [1.54, 1.807) is 0 Å². The molecule has 2 amide bonds. The van der Waals surface area contributed by atoms with Crippen LogP contribution in [0.2, 0.25) is 0 Å². The van der Waals surface area contributed by atoms with Gasteiger partial charge in [0.2, 0.25) is 11.8 Å². The molecular weight excluding hydrogens is 360 g/mol. The van der Waals surface area contributed by atoms with E-state index in [1.807, 2.05) is 0 Å². The molecule has 0 aromatic heterocycles. The number of piperidine rings is 1. The van der Waals surface area contributed by atoms with Crippen LogP contribution < -0.4 is 5.32 Å². The molecule has 1 aliphatic heterocycles. The van der Waals surface area contributed by atoms with Crippen molar-refractivity contribution in [2.45, 2.75) is 83.1 Å². The van der Waals surface area contributed by atoms with E-state index in [0.717, 1.165) is 58.0 Å². The molecule has 0 spiro atoms. The molecule has 4 rings (SSSR count). The Hall–Kier alpha value is -1.84. The highest BCUT2D eigenvalue weighted by atomic mass is 16.2. The number of rotatable bonds is 8. The highest BCUT2D eigenvalue weighted by molar-refractivity contribution is 5.77. The highest BCUT2D eigenvalue weighted by Crippen LogP contribution is 2.29. The average molecular weight is 397 g/mol. The van der Waals surface area contributed by atoms with Gasteiger partial charge in [-0.3, -0.25) is 9.59 Å². The molecule has 1 saturated heterocycles. The van der Waals surface area contributed by atoms with Gasteiger partial charge >= 0.3 is 0 Å². The first-order valence-corrected chi connectivity index (χ1v) is 11.8. The van der Waals surface area contributed by atoms with Crippen LogP contribution in [0.25, 0.3) is 0 Å². The molecule has 1 aromatic rings. The molecule has 158 valence electrons. The Morgan fingerprint density at radius 2 is 1.52 bits per heavy atom. The van der Waals surface area contributed by atoms with Crippen molar-refractivity contribution in [3.8, 4) is 0 Å². The predicted octanol–water partition coefficient (Wildman–Crippen LogP) is 4.26. The molecule has 0 atom stereocenters. The van der Waals surface area contributed by atoms with Crippen LogP contribution in [0.15, 0.2) is 24.3 Å². The summed E-state index contributed by atoms with van der Waals surface area (Å²) in [6, 6.07) is 9.27. The quantitative estimate of drug-likeness (QED) is 0.714. The van der Waals surface area contributed by atoms with E-state index in [1.165, 1.54) is 36.8 Å². The van der Waals surface area contributed by atoms with Gasteiger partial charge in [0.1, 0.15) is 0 Å². The van der Waals surface area contributed by atoms with Crippen LogP contribution >= 0.6 is 0 Å². The van der Waals surface area contributed by atoms with Crippen LogP contribution in [0.1, 0.15) is 75.3 Å². The molecule has 0 bridgehead atoms. The minimum atomic E-state index is 0.186. The van der Waals surface area contributed by atoms with Crippen LogP contribution in [0, 0.1) is 11.8 Å². The van der Waals surface area contributed by atoms with E-state index in [9.17, 15) is 9.59 Å². The number of carbonyl (C=O) groups is 2. The minimum absolute atomic E-state index is 0.186. The number of amides is 2. The van der Waals surface area contributed by atoms with E-state index < -0.39 is 0 Å². The lowest BCUT2D eigenvalue weighted by Crippen LogP contribution is -2.39. The summed E-state index contributed by atoms with van der Waals surface area (Å²) in [5, 5.41) is 3.05. The second kappa shape index (κ2) is 9.77. The first kappa shape index (κ1) is 20.4. The standard InChI is InChI=1S/C25H36N2O2/c28-24(26-23-10-11-23)12-9-19-5-7-21(8-6-19)17-22-13-15-27(16-14-22)25(29)18-20-3-1-2-4-20/h5-8,20,22-23H,1-4,9-18H2,(H,26,28). The molecule has 0 radical (unpaired) electrons. The maximum absolute atomic E-state index is 12.5. The van der Waals surface area contributed by atoms with E-state index in [0.29, 0.717) is 30.2 Å². The number of nitrogens with one attached hydrogen (secondary N) is 1. The Bertz CT molecular complexity index is 681. The molecule has 4 heteroatoms. The van der Waals surface area contributed by atoms with Crippen LogP contribution in [0.5, 0.6) is 0 Å². The van der Waals surface area contributed by atoms with Gasteiger partial charge in [-0.1, -0.05) is 37.1 Å². The van der Waals surface area contributed by atoms with Gasteiger partial charge < -0.3 is 10.2 Å². The van der Waals surface area contributed by atoms with Crippen molar-refractivity contribution in [2.75, 3.05) is 13.1 Å². The maximum Gasteiger partial charge on any atom is 0.222 e. The summed E-state index contributed by atoms with van der Waals surface area (Å²) in [7, 11) is 0. The molecule has 1 heterocycles. The molecule has 0 unspecified atom stereocenters. The zero-order chi connectivity index (χ0) is 20.1. The Morgan fingerprint density at radius 1 is 0.862 bits per heavy atom. The molecule has 4 nitrogen and oxygen atoms in total. The summed E-state index contributed by atoms with van der Waals surface area (Å²) in [6.45, 7) is 1.87. The van der Waals surface area contributed by atoms with Crippen molar-refractivity contribution < 1.29 is 9.59 Å². The second-order valence-corrected chi connectivity index (χ2v) is 9.54. The number of benzene rings is 1. The second-order valence-electron chi connectivity index (χ2n) is 9.54. The van der Waals surface area contributed by atoms with Crippen LogP contribution in [-0.4, -0.2) is 35.8 Å². The predicted molar refractivity (Wildman–Crippen MR) is 116 cm³/mol. The van der Waals surface area contributed by atoms with Crippen molar-refractivity contribution in [3.63, 3.8) is 0 Å². The number of likely N-dealkylation sites (tertiary alicyclic amines) is 1. The molecular formula is C25H36N2O2. The third kappa shape index (κ3) is 6.32. The summed E-state index contributed by atoms with van der Waals surface area (Å²) in [6.07, 6.45) is 13.0. The van der Waals surface area contributed by atoms with Crippen LogP contribution in [0.4, 0.5) is 0 Å². The van der Waals surface area contributed by atoms with Crippen LogP contribution in [-0.2, 0) is 22.4 Å². The van der Waals surface area contributed by atoms with Gasteiger partial charge in [-0.2, -0.15) is 0 Å². The van der Waals surface area contributed by atoms with E-state index >= 15 is 0 Å².